The van der Waals surface area contributed by atoms with Gasteiger partial charge in [0.1, 0.15) is 11.6 Å². The molecule has 136 valence electrons. The first kappa shape index (κ1) is 17.9. The number of carbonyl (C=O) groups excluding carboxylic acids is 1. The minimum atomic E-state index is -1.06. The largest absolute Gasteiger partial charge is 0.481 e. The predicted octanol–water partition coefficient (Wildman–Crippen LogP) is 3.32. The fraction of sp³-hybridized carbons (Fsp3) is 0.300. The van der Waals surface area contributed by atoms with Gasteiger partial charge in [-0.1, -0.05) is 12.1 Å². The van der Waals surface area contributed by atoms with Gasteiger partial charge in [0, 0.05) is 5.56 Å². The number of fused-ring (bicyclic) bond motifs is 1. The number of halogens is 1. The maximum atomic E-state index is 13.8. The number of carboxylic acids is 1. The molecular formula is C20H20FNO4. The Morgan fingerprint density at radius 1 is 1.27 bits per heavy atom. The van der Waals surface area contributed by atoms with Gasteiger partial charge < -0.3 is 15.2 Å². The van der Waals surface area contributed by atoms with E-state index in [-0.39, 0.29) is 17.8 Å². The van der Waals surface area contributed by atoms with Gasteiger partial charge >= 0.3 is 5.97 Å². The number of carbonyl (C=O) groups is 2. The van der Waals surface area contributed by atoms with Gasteiger partial charge in [0.15, 0.2) is 6.61 Å². The van der Waals surface area contributed by atoms with Crippen molar-refractivity contribution in [3.8, 4) is 5.75 Å². The van der Waals surface area contributed by atoms with Gasteiger partial charge in [-0.05, 0) is 67.1 Å². The molecule has 0 fully saturated rings. The molecule has 3 rings (SSSR count). The highest BCUT2D eigenvalue weighted by Crippen LogP contribution is 2.33. The van der Waals surface area contributed by atoms with Crippen LogP contribution in [0, 0.1) is 19.7 Å². The number of rotatable bonds is 5. The van der Waals surface area contributed by atoms with Gasteiger partial charge in [-0.3, -0.25) is 4.79 Å². The molecule has 6 heteroatoms. The highest BCUT2D eigenvalue weighted by molar-refractivity contribution is 5.95. The molecule has 0 saturated heterocycles. The Bertz CT molecular complexity index is 855. The van der Waals surface area contributed by atoms with Gasteiger partial charge in [0.2, 0.25) is 0 Å². The first-order valence-corrected chi connectivity index (χ1v) is 8.41. The Labute approximate surface area is 150 Å². The van der Waals surface area contributed by atoms with Crippen molar-refractivity contribution in [2.75, 3.05) is 6.61 Å². The molecule has 2 aromatic rings. The normalized spacial score (nSPS) is 15.4. The van der Waals surface area contributed by atoms with Crippen molar-refractivity contribution in [2.45, 2.75) is 32.7 Å². The van der Waals surface area contributed by atoms with Crippen LogP contribution in [0.5, 0.6) is 5.75 Å². The standard InChI is InChI=1S/C20H20FNO4/c1-11-8-13(9-12(2)19(11)26-10-18(23)24)20(25)22-17-7-6-14-15(17)4-3-5-16(14)21/h3-5,8-9,17H,6-7,10H2,1-2H3,(H,22,25)(H,23,24). The first-order valence-electron chi connectivity index (χ1n) is 8.41. The van der Waals surface area contributed by atoms with E-state index in [9.17, 15) is 14.0 Å². The lowest BCUT2D eigenvalue weighted by Gasteiger charge is -2.16. The van der Waals surface area contributed by atoms with E-state index in [1.165, 1.54) is 6.07 Å². The molecule has 1 atom stereocenters. The summed E-state index contributed by atoms with van der Waals surface area (Å²) in [6.07, 6.45) is 1.27. The van der Waals surface area contributed by atoms with E-state index in [1.54, 1.807) is 32.0 Å². The Morgan fingerprint density at radius 3 is 2.62 bits per heavy atom. The molecule has 1 aliphatic rings. The number of hydrogen-bond donors (Lipinski definition) is 2. The van der Waals surface area contributed by atoms with E-state index >= 15 is 0 Å². The average Bonchev–Trinajstić information content (AvgIpc) is 2.98. The molecule has 1 unspecified atom stereocenters. The van der Waals surface area contributed by atoms with Crippen molar-refractivity contribution < 1.29 is 23.8 Å². The van der Waals surface area contributed by atoms with Crippen LogP contribution < -0.4 is 10.1 Å². The second-order valence-corrected chi connectivity index (χ2v) is 6.49. The Balaban J connectivity index is 1.77. The smallest absolute Gasteiger partial charge is 0.341 e. The van der Waals surface area contributed by atoms with Crippen LogP contribution in [0.2, 0.25) is 0 Å². The van der Waals surface area contributed by atoms with Crippen LogP contribution in [-0.4, -0.2) is 23.6 Å². The molecule has 0 heterocycles. The van der Waals surface area contributed by atoms with Crippen LogP contribution >= 0.6 is 0 Å². The molecule has 0 aliphatic heterocycles. The van der Waals surface area contributed by atoms with Gasteiger partial charge in [-0.25, -0.2) is 9.18 Å². The van der Waals surface area contributed by atoms with Gasteiger partial charge in [0.25, 0.3) is 5.91 Å². The summed E-state index contributed by atoms with van der Waals surface area (Å²) in [4.78, 5) is 23.3. The zero-order chi connectivity index (χ0) is 18.8. The summed E-state index contributed by atoms with van der Waals surface area (Å²) in [5.74, 6) is -1.07. The van der Waals surface area contributed by atoms with E-state index in [0.717, 1.165) is 5.56 Å². The van der Waals surface area contributed by atoms with Crippen molar-refractivity contribution in [2.24, 2.45) is 0 Å². The number of nitrogens with one attached hydrogen (secondary N) is 1. The topological polar surface area (TPSA) is 75.6 Å². The molecule has 0 spiro atoms. The minimum absolute atomic E-state index is 0.211. The van der Waals surface area contributed by atoms with Crippen LogP contribution in [0.1, 0.15) is 45.1 Å². The summed E-state index contributed by atoms with van der Waals surface area (Å²) in [5.41, 5.74) is 3.34. The van der Waals surface area contributed by atoms with Crippen LogP contribution in [0.3, 0.4) is 0 Å². The molecule has 2 N–H and O–H groups in total. The molecule has 0 radical (unpaired) electrons. The van der Waals surface area contributed by atoms with Gasteiger partial charge in [0.05, 0.1) is 6.04 Å². The number of aliphatic carboxylic acids is 1. The third-order valence-corrected chi connectivity index (χ3v) is 4.58. The average molecular weight is 357 g/mol. The zero-order valence-electron chi connectivity index (χ0n) is 14.6. The van der Waals surface area contributed by atoms with Crippen LogP contribution in [-0.2, 0) is 11.2 Å². The van der Waals surface area contributed by atoms with E-state index in [2.05, 4.69) is 5.32 Å². The first-order chi connectivity index (χ1) is 12.4. The Hall–Kier alpha value is -2.89. The van der Waals surface area contributed by atoms with E-state index < -0.39 is 12.6 Å². The lowest BCUT2D eigenvalue weighted by molar-refractivity contribution is -0.139. The monoisotopic (exact) mass is 357 g/mol. The van der Waals surface area contributed by atoms with Crippen LogP contribution in [0.4, 0.5) is 4.39 Å². The van der Waals surface area contributed by atoms with E-state index in [4.69, 9.17) is 9.84 Å². The summed E-state index contributed by atoms with van der Waals surface area (Å²) in [7, 11) is 0. The van der Waals surface area contributed by atoms with Crippen LogP contribution in [0.15, 0.2) is 30.3 Å². The Kier molecular flexibility index (Phi) is 4.93. The van der Waals surface area contributed by atoms with E-state index in [0.29, 0.717) is 40.8 Å². The molecule has 0 aromatic heterocycles. The summed E-state index contributed by atoms with van der Waals surface area (Å²) < 4.78 is 19.1. The summed E-state index contributed by atoms with van der Waals surface area (Å²) >= 11 is 0. The van der Waals surface area contributed by atoms with Gasteiger partial charge in [-0.15, -0.1) is 0 Å². The lowest BCUT2D eigenvalue weighted by Crippen LogP contribution is -2.27. The van der Waals surface area contributed by atoms with Crippen molar-refractivity contribution in [1.29, 1.82) is 0 Å². The highest BCUT2D eigenvalue weighted by Gasteiger charge is 2.26. The number of aryl methyl sites for hydroxylation is 2. The number of hydrogen-bond acceptors (Lipinski definition) is 3. The third-order valence-electron chi connectivity index (χ3n) is 4.58. The number of amides is 1. The number of benzene rings is 2. The number of ether oxygens (including phenoxy) is 1. The molecule has 1 aliphatic carbocycles. The highest BCUT2D eigenvalue weighted by atomic mass is 19.1. The predicted molar refractivity (Wildman–Crippen MR) is 94.0 cm³/mol. The maximum Gasteiger partial charge on any atom is 0.341 e. The summed E-state index contributed by atoms with van der Waals surface area (Å²) in [5, 5.41) is 11.7. The Morgan fingerprint density at radius 2 is 1.96 bits per heavy atom. The zero-order valence-corrected chi connectivity index (χ0v) is 14.6. The molecule has 0 saturated carbocycles. The second-order valence-electron chi connectivity index (χ2n) is 6.49. The maximum absolute atomic E-state index is 13.8. The summed E-state index contributed by atoms with van der Waals surface area (Å²) in [6.45, 7) is 3.10. The van der Waals surface area contributed by atoms with Crippen molar-refractivity contribution >= 4 is 11.9 Å². The van der Waals surface area contributed by atoms with E-state index in [1.807, 2.05) is 6.07 Å². The molecular weight excluding hydrogens is 337 g/mol. The lowest BCUT2D eigenvalue weighted by atomic mass is 10.0. The molecule has 0 bridgehead atoms. The molecule has 5 nitrogen and oxygen atoms in total. The van der Waals surface area contributed by atoms with Gasteiger partial charge in [-0.2, -0.15) is 0 Å². The molecule has 1 amide bonds. The second kappa shape index (κ2) is 7.15. The third kappa shape index (κ3) is 3.54. The van der Waals surface area contributed by atoms with Crippen molar-refractivity contribution in [3.05, 3.63) is 64.0 Å². The molecule has 26 heavy (non-hydrogen) atoms. The van der Waals surface area contributed by atoms with Crippen LogP contribution in [0.25, 0.3) is 0 Å². The quantitative estimate of drug-likeness (QED) is 0.861. The molecule has 2 aromatic carbocycles. The van der Waals surface area contributed by atoms with Crippen molar-refractivity contribution in [3.63, 3.8) is 0 Å². The summed E-state index contributed by atoms with van der Waals surface area (Å²) in [6, 6.07) is 8.06. The minimum Gasteiger partial charge on any atom is -0.481 e. The SMILES string of the molecule is Cc1cc(C(=O)NC2CCc3c(F)cccc32)cc(C)c1OCC(=O)O. The fourth-order valence-electron chi connectivity index (χ4n) is 3.44. The fourth-order valence-corrected chi connectivity index (χ4v) is 3.44. The number of carboxylic acid groups (broad SMARTS) is 1. The van der Waals surface area contributed by atoms with Crippen molar-refractivity contribution in [1.82, 2.24) is 5.32 Å².